The number of benzene rings is 1. The summed E-state index contributed by atoms with van der Waals surface area (Å²) in [6, 6.07) is 7.64. The van der Waals surface area contributed by atoms with Crippen molar-refractivity contribution in [2.24, 2.45) is 0 Å². The van der Waals surface area contributed by atoms with Crippen LogP contribution in [0.1, 0.15) is 23.8 Å². The maximum atomic E-state index is 11.7. The lowest BCUT2D eigenvalue weighted by Gasteiger charge is -2.13. The Hall–Kier alpha value is -2.01. The number of hydrogen-bond donors (Lipinski definition) is 1. The highest BCUT2D eigenvalue weighted by atomic mass is 16.5. The number of aromatic amines is 1. The first-order valence-corrected chi connectivity index (χ1v) is 7.31. The van der Waals surface area contributed by atoms with Crippen LogP contribution in [0.25, 0.3) is 10.9 Å². The minimum absolute atomic E-state index is 0.246. The molecule has 1 atom stereocenters. The zero-order valence-corrected chi connectivity index (χ0v) is 12.4. The van der Waals surface area contributed by atoms with Crippen LogP contribution in [0.3, 0.4) is 0 Å². The zero-order chi connectivity index (χ0) is 14.8. The third kappa shape index (κ3) is 3.03. The molecule has 0 spiro atoms. The summed E-state index contributed by atoms with van der Waals surface area (Å²) in [4.78, 5) is 17.1. The zero-order valence-electron chi connectivity index (χ0n) is 12.4. The summed E-state index contributed by atoms with van der Waals surface area (Å²) in [6.45, 7) is 4.20. The van der Waals surface area contributed by atoms with Crippen LogP contribution in [0.2, 0.25) is 0 Å². The predicted molar refractivity (Wildman–Crippen MR) is 80.8 cm³/mol. The van der Waals surface area contributed by atoms with Gasteiger partial charge in [0.1, 0.15) is 17.5 Å². The second-order valence-corrected chi connectivity index (χ2v) is 5.44. The largest absolute Gasteiger partial charge is 0.489 e. The maximum Gasteiger partial charge on any atom is 0.354 e. The monoisotopic (exact) mass is 288 g/mol. The molecule has 1 aromatic heterocycles. The Morgan fingerprint density at radius 1 is 1.43 bits per heavy atom. The molecular weight excluding hydrogens is 268 g/mol. The van der Waals surface area contributed by atoms with E-state index in [9.17, 15) is 4.79 Å². The number of hydrogen-bond acceptors (Lipinski definition) is 4. The second kappa shape index (κ2) is 5.77. The lowest BCUT2D eigenvalue weighted by molar-refractivity contribution is 0.0520. The molecule has 0 aliphatic carbocycles. The van der Waals surface area contributed by atoms with Gasteiger partial charge in [-0.2, -0.15) is 0 Å². The second-order valence-electron chi connectivity index (χ2n) is 5.44. The van der Waals surface area contributed by atoms with E-state index in [2.05, 4.69) is 16.9 Å². The molecule has 2 heterocycles. The number of nitrogens with zero attached hydrogens (tertiary/aromatic N) is 1. The van der Waals surface area contributed by atoms with Crippen LogP contribution < -0.4 is 4.74 Å². The van der Waals surface area contributed by atoms with Gasteiger partial charge >= 0.3 is 5.97 Å². The number of nitrogens with one attached hydrogen (secondary N) is 1. The number of esters is 1. The van der Waals surface area contributed by atoms with E-state index in [-0.39, 0.29) is 12.1 Å². The van der Waals surface area contributed by atoms with E-state index in [1.165, 1.54) is 0 Å². The van der Waals surface area contributed by atoms with Crippen molar-refractivity contribution in [3.8, 4) is 5.75 Å². The van der Waals surface area contributed by atoms with E-state index >= 15 is 0 Å². The van der Waals surface area contributed by atoms with Crippen molar-refractivity contribution in [1.29, 1.82) is 0 Å². The topological polar surface area (TPSA) is 54.6 Å². The molecule has 1 aliphatic heterocycles. The molecule has 5 nitrogen and oxygen atoms in total. The van der Waals surface area contributed by atoms with Gasteiger partial charge < -0.3 is 19.4 Å². The summed E-state index contributed by atoms with van der Waals surface area (Å²) in [5, 5.41) is 0.960. The van der Waals surface area contributed by atoms with Crippen LogP contribution in [0.5, 0.6) is 5.75 Å². The van der Waals surface area contributed by atoms with Crippen molar-refractivity contribution in [3.05, 3.63) is 30.0 Å². The highest BCUT2D eigenvalue weighted by molar-refractivity contribution is 5.95. The number of likely N-dealkylation sites (N-methyl/N-ethyl adjacent to an activating group) is 1. The van der Waals surface area contributed by atoms with Crippen LogP contribution in [-0.4, -0.2) is 48.7 Å². The van der Waals surface area contributed by atoms with Crippen molar-refractivity contribution in [2.45, 2.75) is 19.4 Å². The highest BCUT2D eigenvalue weighted by Gasteiger charge is 2.21. The lowest BCUT2D eigenvalue weighted by atomic mass is 10.2. The van der Waals surface area contributed by atoms with Gasteiger partial charge in [-0.1, -0.05) is 0 Å². The normalized spacial score (nSPS) is 19.0. The molecule has 1 fully saturated rings. The smallest absolute Gasteiger partial charge is 0.354 e. The number of carbonyl (C=O) groups excluding carboxylic acids is 1. The molecule has 1 unspecified atom stereocenters. The van der Waals surface area contributed by atoms with Crippen LogP contribution in [0.4, 0.5) is 0 Å². The summed E-state index contributed by atoms with van der Waals surface area (Å²) in [5.74, 6) is 0.519. The highest BCUT2D eigenvalue weighted by Crippen LogP contribution is 2.24. The average molecular weight is 288 g/mol. The Labute approximate surface area is 123 Å². The molecule has 0 bridgehead atoms. The quantitative estimate of drug-likeness (QED) is 0.878. The van der Waals surface area contributed by atoms with Crippen molar-refractivity contribution >= 4 is 16.9 Å². The van der Waals surface area contributed by atoms with Gasteiger partial charge in [-0.05, 0) is 44.7 Å². The van der Waals surface area contributed by atoms with Gasteiger partial charge in [-0.25, -0.2) is 4.79 Å². The molecule has 1 aromatic carbocycles. The fraction of sp³-hybridized carbons (Fsp3) is 0.438. The summed E-state index contributed by atoms with van der Waals surface area (Å²) in [6.07, 6.45) is 1.30. The molecule has 112 valence electrons. The van der Waals surface area contributed by atoms with Crippen LogP contribution in [0.15, 0.2) is 24.3 Å². The van der Waals surface area contributed by atoms with E-state index < -0.39 is 0 Å². The summed E-state index contributed by atoms with van der Waals surface area (Å²) in [5.41, 5.74) is 1.39. The van der Waals surface area contributed by atoms with Gasteiger partial charge in [0, 0.05) is 24.0 Å². The number of carbonyl (C=O) groups is 1. The molecule has 21 heavy (non-hydrogen) atoms. The average Bonchev–Trinajstić information content (AvgIpc) is 3.05. The Morgan fingerprint density at radius 2 is 2.29 bits per heavy atom. The standard InChI is InChI=1S/C16H20N2O3/c1-3-20-16(19)15-9-11-8-12(4-5-14(11)17-15)21-13-6-7-18(2)10-13/h4-5,8-9,13,17H,3,6-7,10H2,1-2H3. The third-order valence-corrected chi connectivity index (χ3v) is 3.74. The van der Waals surface area contributed by atoms with Gasteiger partial charge in [0.2, 0.25) is 0 Å². The Bertz CT molecular complexity index is 650. The fourth-order valence-electron chi connectivity index (χ4n) is 2.69. The van der Waals surface area contributed by atoms with Crippen molar-refractivity contribution < 1.29 is 14.3 Å². The maximum absolute atomic E-state index is 11.7. The Balaban J connectivity index is 1.78. The van der Waals surface area contributed by atoms with Gasteiger partial charge in [-0.3, -0.25) is 0 Å². The Kier molecular flexibility index (Phi) is 3.84. The minimum atomic E-state index is -0.325. The fourth-order valence-corrected chi connectivity index (χ4v) is 2.69. The molecule has 1 aliphatic rings. The molecule has 1 N–H and O–H groups in total. The van der Waals surface area contributed by atoms with Crippen LogP contribution in [0, 0.1) is 0 Å². The van der Waals surface area contributed by atoms with Crippen molar-refractivity contribution in [1.82, 2.24) is 9.88 Å². The number of fused-ring (bicyclic) bond motifs is 1. The third-order valence-electron chi connectivity index (χ3n) is 3.74. The van der Waals surface area contributed by atoms with Crippen LogP contribution in [-0.2, 0) is 4.74 Å². The van der Waals surface area contributed by atoms with Gasteiger partial charge in [0.05, 0.1) is 6.61 Å². The molecular formula is C16H20N2O3. The summed E-state index contributed by atoms with van der Waals surface area (Å²) in [7, 11) is 2.10. The SMILES string of the molecule is CCOC(=O)c1cc2cc(OC3CCN(C)C3)ccc2[nH]1. The molecule has 0 radical (unpaired) electrons. The van der Waals surface area contributed by atoms with E-state index in [1.807, 2.05) is 18.2 Å². The summed E-state index contributed by atoms with van der Waals surface area (Å²) < 4.78 is 11.0. The number of H-pyrrole nitrogens is 1. The number of aromatic nitrogens is 1. The Morgan fingerprint density at radius 3 is 3.00 bits per heavy atom. The number of likely N-dealkylation sites (tertiary alicyclic amines) is 1. The first-order chi connectivity index (χ1) is 10.2. The molecule has 2 aromatic rings. The summed E-state index contributed by atoms with van der Waals surface area (Å²) >= 11 is 0. The van der Waals surface area contributed by atoms with Gasteiger partial charge in [0.15, 0.2) is 0 Å². The lowest BCUT2D eigenvalue weighted by Crippen LogP contribution is -2.21. The number of rotatable bonds is 4. The first-order valence-electron chi connectivity index (χ1n) is 7.31. The predicted octanol–water partition coefficient (Wildman–Crippen LogP) is 2.43. The van der Waals surface area contributed by atoms with Gasteiger partial charge in [-0.15, -0.1) is 0 Å². The molecule has 0 saturated carbocycles. The van der Waals surface area contributed by atoms with E-state index in [0.717, 1.165) is 36.2 Å². The molecule has 3 rings (SSSR count). The minimum Gasteiger partial charge on any atom is -0.489 e. The van der Waals surface area contributed by atoms with E-state index in [4.69, 9.17) is 9.47 Å². The van der Waals surface area contributed by atoms with Crippen LogP contribution >= 0.6 is 0 Å². The van der Waals surface area contributed by atoms with Gasteiger partial charge in [0.25, 0.3) is 0 Å². The first kappa shape index (κ1) is 13.9. The number of ether oxygens (including phenoxy) is 2. The molecule has 5 heteroatoms. The van der Waals surface area contributed by atoms with Crippen molar-refractivity contribution in [3.63, 3.8) is 0 Å². The van der Waals surface area contributed by atoms with E-state index in [1.54, 1.807) is 13.0 Å². The molecule has 0 amide bonds. The molecule has 1 saturated heterocycles. The van der Waals surface area contributed by atoms with E-state index in [0.29, 0.717) is 12.3 Å². The van der Waals surface area contributed by atoms with Crippen molar-refractivity contribution in [2.75, 3.05) is 26.7 Å².